The summed E-state index contributed by atoms with van der Waals surface area (Å²) in [4.78, 5) is 0. The van der Waals surface area contributed by atoms with Crippen LogP contribution < -0.4 is 10.6 Å². The number of anilines is 1. The molecule has 2 aromatic carbocycles. The molecular formula is C22H30N2. The number of aryl methyl sites for hydroxylation is 2. The van der Waals surface area contributed by atoms with Crippen molar-refractivity contribution in [3.05, 3.63) is 65.2 Å². The van der Waals surface area contributed by atoms with Gasteiger partial charge in [-0.3, -0.25) is 0 Å². The zero-order chi connectivity index (χ0) is 16.8. The lowest BCUT2D eigenvalue weighted by atomic mass is 9.87. The topological polar surface area (TPSA) is 24.1 Å². The van der Waals surface area contributed by atoms with Crippen molar-refractivity contribution in [2.45, 2.75) is 57.5 Å². The fourth-order valence-electron chi connectivity index (χ4n) is 3.84. The number of benzene rings is 2. The Morgan fingerprint density at radius 1 is 1.12 bits per heavy atom. The molecule has 0 aliphatic heterocycles. The number of hydrogen-bond acceptors (Lipinski definition) is 2. The molecule has 2 N–H and O–H groups in total. The van der Waals surface area contributed by atoms with E-state index in [1.54, 1.807) is 0 Å². The molecule has 0 aromatic heterocycles. The monoisotopic (exact) mass is 322 g/mol. The largest absolute Gasteiger partial charge is 0.388 e. The third-order valence-electron chi connectivity index (χ3n) is 5.30. The minimum atomic E-state index is 0.531. The van der Waals surface area contributed by atoms with Crippen LogP contribution in [0, 0.1) is 0 Å². The third-order valence-corrected chi connectivity index (χ3v) is 5.30. The van der Waals surface area contributed by atoms with Crippen molar-refractivity contribution in [2.24, 2.45) is 0 Å². The molecule has 0 fully saturated rings. The van der Waals surface area contributed by atoms with Gasteiger partial charge in [0.1, 0.15) is 0 Å². The highest BCUT2D eigenvalue weighted by Crippen LogP contribution is 2.30. The lowest BCUT2D eigenvalue weighted by molar-refractivity contribution is 0.372. The molecule has 128 valence electrons. The number of fused-ring (bicyclic) bond motifs is 1. The average Bonchev–Trinajstić information content (AvgIpc) is 2.65. The van der Waals surface area contributed by atoms with E-state index in [1.165, 1.54) is 54.5 Å². The molecule has 1 aliphatic carbocycles. The summed E-state index contributed by atoms with van der Waals surface area (Å²) in [6.07, 6.45) is 7.32. The van der Waals surface area contributed by atoms with Gasteiger partial charge in [-0.2, -0.15) is 0 Å². The van der Waals surface area contributed by atoms with Gasteiger partial charge in [0.15, 0.2) is 0 Å². The molecule has 0 saturated carbocycles. The zero-order valence-electron chi connectivity index (χ0n) is 15.0. The number of nitrogens with one attached hydrogen (secondary N) is 2. The van der Waals surface area contributed by atoms with Crippen LogP contribution in [0.5, 0.6) is 0 Å². The van der Waals surface area contributed by atoms with Crippen LogP contribution in [0.25, 0.3) is 0 Å². The third kappa shape index (κ3) is 4.18. The van der Waals surface area contributed by atoms with Crippen molar-refractivity contribution in [3.63, 3.8) is 0 Å². The molecule has 2 heteroatoms. The first-order chi connectivity index (χ1) is 11.8. The first-order valence-electron chi connectivity index (χ1n) is 9.40. The molecule has 2 atom stereocenters. The van der Waals surface area contributed by atoms with Gasteiger partial charge in [0.05, 0.1) is 0 Å². The van der Waals surface area contributed by atoms with Crippen molar-refractivity contribution in [2.75, 3.05) is 12.4 Å². The molecule has 0 bridgehead atoms. The maximum Gasteiger partial charge on any atom is 0.0340 e. The Morgan fingerprint density at radius 3 is 2.83 bits per heavy atom. The lowest BCUT2D eigenvalue weighted by Gasteiger charge is -2.30. The van der Waals surface area contributed by atoms with E-state index in [4.69, 9.17) is 0 Å². The Kier molecular flexibility index (Phi) is 5.92. The van der Waals surface area contributed by atoms with E-state index in [0.29, 0.717) is 12.1 Å². The predicted octanol–water partition coefficient (Wildman–Crippen LogP) is 5.11. The highest BCUT2D eigenvalue weighted by molar-refractivity contribution is 5.45. The Hall–Kier alpha value is -1.80. The SMILES string of the molecule is CCC(CCc1cccc(NC)c1)NC1CCCc2ccccc21. The van der Waals surface area contributed by atoms with Crippen molar-refractivity contribution < 1.29 is 0 Å². The van der Waals surface area contributed by atoms with E-state index in [9.17, 15) is 0 Å². The van der Waals surface area contributed by atoms with Crippen LogP contribution in [-0.2, 0) is 12.8 Å². The fourth-order valence-corrected chi connectivity index (χ4v) is 3.84. The van der Waals surface area contributed by atoms with Gasteiger partial charge in [-0.1, -0.05) is 43.3 Å². The van der Waals surface area contributed by atoms with E-state index in [0.717, 1.165) is 6.42 Å². The summed E-state index contributed by atoms with van der Waals surface area (Å²) < 4.78 is 0. The Bertz CT molecular complexity index is 650. The maximum absolute atomic E-state index is 3.95. The molecule has 0 saturated heterocycles. The first kappa shape index (κ1) is 17.0. The van der Waals surface area contributed by atoms with Crippen LogP contribution in [0.2, 0.25) is 0 Å². The summed E-state index contributed by atoms with van der Waals surface area (Å²) in [7, 11) is 1.98. The molecule has 24 heavy (non-hydrogen) atoms. The Balaban J connectivity index is 1.61. The summed E-state index contributed by atoms with van der Waals surface area (Å²) in [6.45, 7) is 2.30. The molecule has 2 aromatic rings. The van der Waals surface area contributed by atoms with Crippen LogP contribution in [0.15, 0.2) is 48.5 Å². The standard InChI is InChI=1S/C22H30N2/c1-3-19(15-14-17-8-6-11-20(16-17)23-2)24-22-13-7-10-18-9-4-5-12-21(18)22/h4-6,8-9,11-12,16,19,22-24H,3,7,10,13-15H2,1-2H3. The zero-order valence-corrected chi connectivity index (χ0v) is 15.0. The summed E-state index contributed by atoms with van der Waals surface area (Å²) in [5.41, 5.74) is 5.69. The summed E-state index contributed by atoms with van der Waals surface area (Å²) in [5.74, 6) is 0. The molecule has 0 heterocycles. The number of hydrogen-bond donors (Lipinski definition) is 2. The molecule has 2 nitrogen and oxygen atoms in total. The van der Waals surface area contributed by atoms with Crippen LogP contribution >= 0.6 is 0 Å². The van der Waals surface area contributed by atoms with Crippen molar-refractivity contribution in [3.8, 4) is 0 Å². The fraction of sp³-hybridized carbons (Fsp3) is 0.455. The average molecular weight is 322 g/mol. The van der Waals surface area contributed by atoms with Gasteiger partial charge in [0, 0.05) is 24.8 Å². The van der Waals surface area contributed by atoms with E-state index in [-0.39, 0.29) is 0 Å². The molecule has 0 amide bonds. The van der Waals surface area contributed by atoms with E-state index >= 15 is 0 Å². The van der Waals surface area contributed by atoms with Gasteiger partial charge in [0.25, 0.3) is 0 Å². The van der Waals surface area contributed by atoms with Crippen molar-refractivity contribution >= 4 is 5.69 Å². The minimum absolute atomic E-state index is 0.531. The van der Waals surface area contributed by atoms with Crippen LogP contribution in [-0.4, -0.2) is 13.1 Å². The highest BCUT2D eigenvalue weighted by atomic mass is 14.9. The molecular weight excluding hydrogens is 292 g/mol. The first-order valence-corrected chi connectivity index (χ1v) is 9.40. The quantitative estimate of drug-likeness (QED) is 0.740. The second-order valence-electron chi connectivity index (χ2n) is 6.90. The molecule has 3 rings (SSSR count). The second kappa shape index (κ2) is 8.34. The second-order valence-corrected chi connectivity index (χ2v) is 6.90. The van der Waals surface area contributed by atoms with Gasteiger partial charge in [-0.05, 0) is 67.3 Å². The molecule has 0 spiro atoms. The van der Waals surface area contributed by atoms with Gasteiger partial charge in [0.2, 0.25) is 0 Å². The minimum Gasteiger partial charge on any atom is -0.388 e. The van der Waals surface area contributed by atoms with Crippen LogP contribution in [0.4, 0.5) is 5.69 Å². The normalized spacial score (nSPS) is 18.0. The summed E-state index contributed by atoms with van der Waals surface area (Å²) in [6, 6.07) is 18.9. The summed E-state index contributed by atoms with van der Waals surface area (Å²) in [5, 5.41) is 7.18. The van der Waals surface area contributed by atoms with Gasteiger partial charge < -0.3 is 10.6 Å². The van der Waals surface area contributed by atoms with Gasteiger partial charge in [-0.25, -0.2) is 0 Å². The smallest absolute Gasteiger partial charge is 0.0340 e. The Labute approximate surface area is 146 Å². The molecule has 2 unspecified atom stereocenters. The van der Waals surface area contributed by atoms with Gasteiger partial charge in [-0.15, -0.1) is 0 Å². The van der Waals surface area contributed by atoms with Crippen LogP contribution in [0.3, 0.4) is 0 Å². The predicted molar refractivity (Wildman–Crippen MR) is 104 cm³/mol. The number of rotatable bonds is 7. The highest BCUT2D eigenvalue weighted by Gasteiger charge is 2.21. The van der Waals surface area contributed by atoms with E-state index < -0.39 is 0 Å². The summed E-state index contributed by atoms with van der Waals surface area (Å²) >= 11 is 0. The Morgan fingerprint density at radius 2 is 2.00 bits per heavy atom. The van der Waals surface area contributed by atoms with Crippen molar-refractivity contribution in [1.82, 2.24) is 5.32 Å². The molecule has 0 radical (unpaired) electrons. The van der Waals surface area contributed by atoms with Crippen LogP contribution in [0.1, 0.15) is 55.3 Å². The maximum atomic E-state index is 3.95. The molecule has 1 aliphatic rings. The van der Waals surface area contributed by atoms with Gasteiger partial charge >= 0.3 is 0 Å². The van der Waals surface area contributed by atoms with E-state index in [2.05, 4.69) is 66.1 Å². The lowest BCUT2D eigenvalue weighted by Crippen LogP contribution is -2.34. The van der Waals surface area contributed by atoms with Crippen molar-refractivity contribution in [1.29, 1.82) is 0 Å². The van der Waals surface area contributed by atoms with E-state index in [1.807, 2.05) is 7.05 Å².